The molecule has 2 aliphatic rings. The summed E-state index contributed by atoms with van der Waals surface area (Å²) in [7, 11) is -1.71. The van der Waals surface area contributed by atoms with Gasteiger partial charge in [0.15, 0.2) is 5.60 Å². The number of benzene rings is 4. The molecule has 0 amide bonds. The van der Waals surface area contributed by atoms with Gasteiger partial charge in [0.2, 0.25) is 5.79 Å². The lowest BCUT2D eigenvalue weighted by atomic mass is 9.83. The highest BCUT2D eigenvalue weighted by Crippen LogP contribution is 2.47. The highest BCUT2D eigenvalue weighted by Gasteiger charge is 2.65. The highest BCUT2D eigenvalue weighted by atomic mass is 32.2. The SMILES string of the molecule is CC(C)(C)S(=O)N[C@@H]([C@@H]1O[C@H](COCc2ccccc2)[C@@H](OCc2ccccc2)[C@H](OCc2ccccc2)[C@H]1OCc1ccccc1)[C@@]1(C)O[C@](C)(C(C)(C)C)OC1=O. The highest BCUT2D eigenvalue weighted by molar-refractivity contribution is 7.84. The molecule has 0 aromatic heterocycles. The van der Waals surface area contributed by atoms with Crippen molar-refractivity contribution >= 4 is 17.0 Å². The third-order valence-corrected chi connectivity index (χ3v) is 12.7. The quantitative estimate of drug-likeness (QED) is 0.105. The molecule has 0 spiro atoms. The Hall–Kier alpha value is -3.78. The van der Waals surface area contributed by atoms with Gasteiger partial charge in [-0.3, -0.25) is 0 Å². The fraction of sp³-hybridized carbons (Fsp3) is 0.479. The van der Waals surface area contributed by atoms with E-state index >= 15 is 0 Å². The van der Waals surface area contributed by atoms with Crippen LogP contribution in [0.25, 0.3) is 0 Å². The van der Waals surface area contributed by atoms with E-state index < -0.39 is 75.1 Å². The van der Waals surface area contributed by atoms with E-state index in [1.807, 2.05) is 163 Å². The molecule has 1 unspecified atom stereocenters. The number of esters is 1. The molecule has 0 saturated carbocycles. The average Bonchev–Trinajstić information content (AvgIpc) is 3.47. The number of hydrogen-bond donors (Lipinski definition) is 1. The van der Waals surface area contributed by atoms with Crippen molar-refractivity contribution in [1.29, 1.82) is 0 Å². The predicted molar refractivity (Wildman–Crippen MR) is 228 cm³/mol. The zero-order valence-electron chi connectivity index (χ0n) is 35.6. The number of carbonyl (C=O) groups excluding carboxylic acids is 1. The number of cyclic esters (lactones) is 1. The summed E-state index contributed by atoms with van der Waals surface area (Å²) in [4.78, 5) is 14.4. The smallest absolute Gasteiger partial charge is 0.342 e. The van der Waals surface area contributed by atoms with Crippen LogP contribution in [0.3, 0.4) is 0 Å². The Morgan fingerprint density at radius 1 is 0.644 bits per heavy atom. The van der Waals surface area contributed by atoms with Crippen LogP contribution in [0.4, 0.5) is 0 Å². The number of rotatable bonds is 17. The summed E-state index contributed by atoms with van der Waals surface area (Å²) >= 11 is 0. The van der Waals surface area contributed by atoms with Crippen LogP contribution in [0.1, 0.15) is 77.6 Å². The average molecular weight is 828 g/mol. The molecular weight excluding hydrogens is 767 g/mol. The zero-order chi connectivity index (χ0) is 42.3. The summed E-state index contributed by atoms with van der Waals surface area (Å²) in [5.41, 5.74) is 1.54. The number of carbonyl (C=O) groups is 1. The first kappa shape index (κ1) is 44.8. The fourth-order valence-electron chi connectivity index (χ4n) is 7.12. The molecule has 9 atom stereocenters. The molecule has 59 heavy (non-hydrogen) atoms. The second-order valence-electron chi connectivity index (χ2n) is 17.7. The van der Waals surface area contributed by atoms with Crippen LogP contribution < -0.4 is 4.72 Å². The molecule has 2 aliphatic heterocycles. The first-order valence-corrected chi connectivity index (χ1v) is 21.6. The van der Waals surface area contributed by atoms with Gasteiger partial charge in [0.05, 0.1) is 54.8 Å². The molecule has 0 bridgehead atoms. The van der Waals surface area contributed by atoms with Gasteiger partial charge in [-0.1, -0.05) is 142 Å². The van der Waals surface area contributed by atoms with Gasteiger partial charge in [0.25, 0.3) is 0 Å². The van der Waals surface area contributed by atoms with Crippen LogP contribution in [0.2, 0.25) is 0 Å². The second kappa shape index (κ2) is 19.3. The normalized spacial score (nSPS) is 27.3. The van der Waals surface area contributed by atoms with Gasteiger partial charge in [-0.2, -0.15) is 0 Å². The van der Waals surface area contributed by atoms with Crippen LogP contribution >= 0.6 is 0 Å². The van der Waals surface area contributed by atoms with Crippen molar-refractivity contribution in [2.45, 2.75) is 135 Å². The van der Waals surface area contributed by atoms with Crippen LogP contribution in [-0.4, -0.2) is 69.5 Å². The fourth-order valence-corrected chi connectivity index (χ4v) is 8.06. The summed E-state index contributed by atoms with van der Waals surface area (Å²) in [6.45, 7) is 16.0. The molecule has 2 saturated heterocycles. The largest absolute Gasteiger partial charge is 0.431 e. The topological polar surface area (TPSA) is 111 Å². The van der Waals surface area contributed by atoms with Gasteiger partial charge in [-0.25, -0.2) is 13.7 Å². The molecule has 10 nitrogen and oxygen atoms in total. The van der Waals surface area contributed by atoms with Crippen LogP contribution in [-0.2, 0) is 75.4 Å². The number of ether oxygens (including phenoxy) is 7. The Morgan fingerprint density at radius 2 is 1.07 bits per heavy atom. The first-order valence-electron chi connectivity index (χ1n) is 20.4. The Labute approximate surface area is 352 Å². The van der Waals surface area contributed by atoms with E-state index in [2.05, 4.69) is 4.72 Å². The summed E-state index contributed by atoms with van der Waals surface area (Å²) in [5.74, 6) is -1.93. The van der Waals surface area contributed by atoms with Crippen LogP contribution in [0.5, 0.6) is 0 Å². The van der Waals surface area contributed by atoms with Crippen molar-refractivity contribution in [2.75, 3.05) is 6.61 Å². The van der Waals surface area contributed by atoms with Crippen molar-refractivity contribution < 1.29 is 42.2 Å². The summed E-state index contributed by atoms with van der Waals surface area (Å²) in [6, 6.07) is 38.5. The van der Waals surface area contributed by atoms with Gasteiger partial charge >= 0.3 is 5.97 Å². The Bertz CT molecular complexity index is 1940. The van der Waals surface area contributed by atoms with Gasteiger partial charge in [0, 0.05) is 12.3 Å². The maximum absolute atomic E-state index is 14.4. The van der Waals surface area contributed by atoms with E-state index in [-0.39, 0.29) is 26.4 Å². The lowest BCUT2D eigenvalue weighted by molar-refractivity contribution is -0.289. The van der Waals surface area contributed by atoms with Crippen LogP contribution in [0.15, 0.2) is 121 Å². The maximum Gasteiger partial charge on any atom is 0.342 e. The molecule has 2 heterocycles. The van der Waals surface area contributed by atoms with Gasteiger partial charge in [0.1, 0.15) is 30.5 Å². The van der Waals surface area contributed by atoms with Crippen molar-refractivity contribution in [1.82, 2.24) is 4.72 Å². The van der Waals surface area contributed by atoms with Crippen LogP contribution in [0, 0.1) is 5.41 Å². The number of hydrogen-bond acceptors (Lipinski definition) is 9. The van der Waals surface area contributed by atoms with E-state index in [1.165, 1.54) is 0 Å². The zero-order valence-corrected chi connectivity index (χ0v) is 36.4. The van der Waals surface area contributed by atoms with Gasteiger partial charge < -0.3 is 33.2 Å². The Kier molecular flexibility index (Phi) is 14.6. The molecule has 2 fully saturated rings. The molecule has 1 N–H and O–H groups in total. The minimum Gasteiger partial charge on any atom is -0.431 e. The second-order valence-corrected chi connectivity index (χ2v) is 19.7. The molecule has 6 rings (SSSR count). The first-order chi connectivity index (χ1) is 28.1. The van der Waals surface area contributed by atoms with E-state index in [0.717, 1.165) is 22.3 Å². The van der Waals surface area contributed by atoms with Crippen molar-refractivity contribution in [3.05, 3.63) is 144 Å². The van der Waals surface area contributed by atoms with Crippen molar-refractivity contribution in [3.8, 4) is 0 Å². The van der Waals surface area contributed by atoms with E-state index in [0.29, 0.717) is 6.61 Å². The minimum absolute atomic E-state index is 0.109. The van der Waals surface area contributed by atoms with Crippen molar-refractivity contribution in [3.63, 3.8) is 0 Å². The molecule has 4 aromatic rings. The minimum atomic E-state index is -1.71. The van der Waals surface area contributed by atoms with Crippen molar-refractivity contribution in [2.24, 2.45) is 5.41 Å². The maximum atomic E-state index is 14.4. The lowest BCUT2D eigenvalue weighted by Crippen LogP contribution is -2.71. The van der Waals surface area contributed by atoms with E-state index in [1.54, 1.807) is 13.8 Å². The predicted octanol–water partition coefficient (Wildman–Crippen LogP) is 8.24. The number of nitrogens with one attached hydrogen (secondary N) is 1. The monoisotopic (exact) mass is 827 g/mol. The molecule has 4 aromatic carbocycles. The van der Waals surface area contributed by atoms with Gasteiger partial charge in [-0.15, -0.1) is 0 Å². The summed E-state index contributed by atoms with van der Waals surface area (Å²) in [5, 5.41) is 0. The molecule has 318 valence electrons. The Morgan fingerprint density at radius 3 is 1.49 bits per heavy atom. The third-order valence-electron chi connectivity index (χ3n) is 11.1. The third kappa shape index (κ3) is 11.1. The lowest BCUT2D eigenvalue weighted by Gasteiger charge is -2.50. The van der Waals surface area contributed by atoms with E-state index in [4.69, 9.17) is 33.2 Å². The standard InChI is InChI=1S/C48H61NO9S/c1-45(2,3)48(8)57-44(50)47(7,58-48)43(49-59(51)46(4,5)6)42-41(55-32-37-27-19-12-20-28-37)40(54-31-36-25-17-11-18-26-36)39(53-30-35-23-15-10-16-24-35)38(56-42)33-52-29-34-21-13-9-14-22-34/h9-28,38-43,49H,29-33H2,1-8H3/t38-,39-,40+,41-,42-,43+,47-,48-,59?/m1/s1. The van der Waals surface area contributed by atoms with E-state index in [9.17, 15) is 9.00 Å². The molecule has 0 aliphatic carbocycles. The molecular formula is C48H61NO9S. The molecule has 0 radical (unpaired) electrons. The molecule has 11 heteroatoms. The Balaban J connectivity index is 1.48. The summed E-state index contributed by atoms with van der Waals surface area (Å²) in [6.07, 6.45) is -4.15. The van der Waals surface area contributed by atoms with Gasteiger partial charge in [-0.05, 0) is 49.9 Å². The summed E-state index contributed by atoms with van der Waals surface area (Å²) < 4.78 is 64.3.